The van der Waals surface area contributed by atoms with E-state index in [2.05, 4.69) is 15.3 Å². The summed E-state index contributed by atoms with van der Waals surface area (Å²) in [7, 11) is 0. The van der Waals surface area contributed by atoms with Crippen molar-refractivity contribution in [1.29, 1.82) is 0 Å². The molecule has 0 spiro atoms. The van der Waals surface area contributed by atoms with E-state index >= 15 is 0 Å². The highest BCUT2D eigenvalue weighted by atomic mass is 32.1. The molecule has 1 amide bonds. The summed E-state index contributed by atoms with van der Waals surface area (Å²) in [4.78, 5) is 30.6. The largest absolute Gasteiger partial charge is 0.384 e. The Morgan fingerprint density at radius 3 is 2.79 bits per heavy atom. The number of thiazole rings is 1. The first-order valence-electron chi connectivity index (χ1n) is 5.11. The lowest BCUT2D eigenvalue weighted by atomic mass is 10.2. The molecule has 0 radical (unpaired) electrons. The first kappa shape index (κ1) is 12.9. The van der Waals surface area contributed by atoms with E-state index in [-0.39, 0.29) is 11.4 Å². The second-order valence-corrected chi connectivity index (χ2v) is 4.85. The minimum absolute atomic E-state index is 0.0334. The van der Waals surface area contributed by atoms with E-state index in [1.165, 1.54) is 11.3 Å². The molecule has 2 rings (SSSR count). The van der Waals surface area contributed by atoms with Gasteiger partial charge in [0.2, 0.25) is 0 Å². The van der Waals surface area contributed by atoms with Crippen LogP contribution in [0.2, 0.25) is 0 Å². The molecule has 0 saturated carbocycles. The average molecular weight is 279 g/mol. The monoisotopic (exact) mass is 279 g/mol. The summed E-state index contributed by atoms with van der Waals surface area (Å²) in [5.74, 6) is -0.610. The first-order valence-corrected chi connectivity index (χ1v) is 5.92. The molecule has 0 aliphatic rings. The second-order valence-electron chi connectivity index (χ2n) is 3.61. The summed E-state index contributed by atoms with van der Waals surface area (Å²) >= 11 is 1.27. The van der Waals surface area contributed by atoms with Gasteiger partial charge in [-0.25, -0.2) is 9.97 Å². The molecule has 0 aromatic carbocycles. The van der Waals surface area contributed by atoms with Crippen molar-refractivity contribution in [2.75, 3.05) is 11.1 Å². The van der Waals surface area contributed by atoms with Gasteiger partial charge in [0, 0.05) is 11.1 Å². The molecule has 0 bridgehead atoms. The van der Waals surface area contributed by atoms with Crippen LogP contribution in [0, 0.1) is 17.0 Å². The molecule has 0 atom stereocenters. The topological polar surface area (TPSA) is 124 Å². The molecule has 2 aromatic rings. The van der Waals surface area contributed by atoms with Gasteiger partial charge in [-0.15, -0.1) is 11.3 Å². The van der Waals surface area contributed by atoms with Gasteiger partial charge in [-0.1, -0.05) is 0 Å². The van der Waals surface area contributed by atoms with Gasteiger partial charge in [-0.3, -0.25) is 20.2 Å². The molecule has 0 aliphatic heterocycles. The number of hydrogen-bond acceptors (Lipinski definition) is 7. The highest BCUT2D eigenvalue weighted by Crippen LogP contribution is 2.22. The predicted molar refractivity (Wildman–Crippen MR) is 70.1 cm³/mol. The van der Waals surface area contributed by atoms with Gasteiger partial charge < -0.3 is 5.73 Å². The Kier molecular flexibility index (Phi) is 3.38. The Morgan fingerprint density at radius 2 is 2.21 bits per heavy atom. The minimum Gasteiger partial charge on any atom is -0.384 e. The lowest BCUT2D eigenvalue weighted by Gasteiger charge is -2.03. The summed E-state index contributed by atoms with van der Waals surface area (Å²) < 4.78 is 0. The van der Waals surface area contributed by atoms with E-state index in [9.17, 15) is 14.9 Å². The fourth-order valence-electron chi connectivity index (χ4n) is 1.37. The molecule has 2 aromatic heterocycles. The standard InChI is InChI=1S/C10H9N5O3S/c1-5-3-13-10(19-5)14-9(16)6-2-8(11)12-4-7(6)15(17)18/h2-4H,1H3,(H2,11,12)(H,13,14,16). The molecule has 98 valence electrons. The van der Waals surface area contributed by atoms with Crippen LogP contribution in [-0.2, 0) is 0 Å². The molecule has 0 aliphatic carbocycles. The Labute approximate surface area is 111 Å². The van der Waals surface area contributed by atoms with Crippen molar-refractivity contribution in [2.45, 2.75) is 6.92 Å². The quantitative estimate of drug-likeness (QED) is 0.649. The number of rotatable bonds is 3. The number of nitrogens with zero attached hydrogens (tertiary/aromatic N) is 3. The third-order valence-corrected chi connectivity index (χ3v) is 3.02. The number of nitrogens with one attached hydrogen (secondary N) is 1. The Hall–Kier alpha value is -2.55. The van der Waals surface area contributed by atoms with Gasteiger partial charge in [0.25, 0.3) is 11.6 Å². The third kappa shape index (κ3) is 2.83. The molecule has 0 unspecified atom stereocenters. The van der Waals surface area contributed by atoms with Crippen molar-refractivity contribution in [1.82, 2.24) is 9.97 Å². The van der Waals surface area contributed by atoms with Crippen LogP contribution in [0.25, 0.3) is 0 Å². The van der Waals surface area contributed by atoms with Gasteiger partial charge in [0.05, 0.1) is 4.92 Å². The zero-order chi connectivity index (χ0) is 14.0. The maximum atomic E-state index is 12.0. The SMILES string of the molecule is Cc1cnc(NC(=O)c2cc(N)ncc2[N+](=O)[O-])s1. The van der Waals surface area contributed by atoms with Crippen LogP contribution >= 0.6 is 11.3 Å². The number of nitro groups is 1. The average Bonchev–Trinajstić information content (AvgIpc) is 2.74. The fraction of sp³-hybridized carbons (Fsp3) is 0.100. The van der Waals surface area contributed by atoms with Crippen LogP contribution in [0.1, 0.15) is 15.2 Å². The lowest BCUT2D eigenvalue weighted by molar-refractivity contribution is -0.385. The second kappa shape index (κ2) is 4.98. The zero-order valence-electron chi connectivity index (χ0n) is 9.78. The molecule has 0 saturated heterocycles. The number of nitrogen functional groups attached to an aromatic ring is 1. The summed E-state index contributed by atoms with van der Waals surface area (Å²) in [6.45, 7) is 1.83. The van der Waals surface area contributed by atoms with Crippen molar-refractivity contribution in [3.8, 4) is 0 Å². The van der Waals surface area contributed by atoms with Crippen molar-refractivity contribution in [3.63, 3.8) is 0 Å². The minimum atomic E-state index is -0.686. The summed E-state index contributed by atoms with van der Waals surface area (Å²) in [6, 6.07) is 1.16. The lowest BCUT2D eigenvalue weighted by Crippen LogP contribution is -2.14. The molecule has 19 heavy (non-hydrogen) atoms. The summed E-state index contributed by atoms with van der Waals surface area (Å²) in [5.41, 5.74) is 4.89. The highest BCUT2D eigenvalue weighted by Gasteiger charge is 2.21. The highest BCUT2D eigenvalue weighted by molar-refractivity contribution is 7.15. The third-order valence-electron chi connectivity index (χ3n) is 2.19. The molecule has 3 N–H and O–H groups in total. The maximum absolute atomic E-state index is 12.0. The summed E-state index contributed by atoms with van der Waals surface area (Å²) in [6.07, 6.45) is 2.55. The number of nitrogens with two attached hydrogens (primary N) is 1. The van der Waals surface area contributed by atoms with E-state index in [1.807, 2.05) is 6.92 Å². The molecule has 9 heteroatoms. The number of carbonyl (C=O) groups is 1. The van der Waals surface area contributed by atoms with Crippen molar-refractivity contribution in [3.05, 3.63) is 39.0 Å². The number of aromatic nitrogens is 2. The fourth-order valence-corrected chi connectivity index (χ4v) is 2.03. The number of carbonyl (C=O) groups excluding carboxylic acids is 1. The molecule has 8 nitrogen and oxygen atoms in total. The van der Waals surface area contributed by atoms with Gasteiger partial charge >= 0.3 is 0 Å². The van der Waals surface area contributed by atoms with Crippen LogP contribution < -0.4 is 11.1 Å². The number of hydrogen-bond donors (Lipinski definition) is 2. The molecular weight excluding hydrogens is 270 g/mol. The first-order chi connectivity index (χ1) is 8.97. The van der Waals surface area contributed by atoms with Crippen molar-refractivity contribution >= 4 is 33.9 Å². The van der Waals surface area contributed by atoms with E-state index < -0.39 is 16.5 Å². The number of amides is 1. The number of anilines is 2. The number of pyridine rings is 1. The van der Waals surface area contributed by atoms with Gasteiger partial charge in [-0.05, 0) is 13.0 Å². The smallest absolute Gasteiger partial charge is 0.300 e. The van der Waals surface area contributed by atoms with Crippen molar-refractivity contribution in [2.24, 2.45) is 0 Å². The van der Waals surface area contributed by atoms with Gasteiger partial charge in [0.1, 0.15) is 17.6 Å². The molecule has 2 heterocycles. The van der Waals surface area contributed by atoms with E-state index in [0.29, 0.717) is 5.13 Å². The van der Waals surface area contributed by atoms with E-state index in [1.54, 1.807) is 6.20 Å². The van der Waals surface area contributed by atoms with E-state index in [4.69, 9.17) is 5.73 Å². The molecule has 0 fully saturated rings. The van der Waals surface area contributed by atoms with Crippen LogP contribution in [0.5, 0.6) is 0 Å². The van der Waals surface area contributed by atoms with Crippen LogP contribution in [0.15, 0.2) is 18.5 Å². The number of aryl methyl sites for hydroxylation is 1. The Morgan fingerprint density at radius 1 is 1.47 bits per heavy atom. The van der Waals surface area contributed by atoms with Crippen LogP contribution in [-0.4, -0.2) is 20.8 Å². The van der Waals surface area contributed by atoms with E-state index in [0.717, 1.165) is 17.1 Å². The van der Waals surface area contributed by atoms with Gasteiger partial charge in [0.15, 0.2) is 5.13 Å². The van der Waals surface area contributed by atoms with Crippen LogP contribution in [0.3, 0.4) is 0 Å². The normalized spacial score (nSPS) is 10.2. The Bertz CT molecular complexity index is 654. The van der Waals surface area contributed by atoms with Crippen LogP contribution in [0.4, 0.5) is 16.6 Å². The predicted octanol–water partition coefficient (Wildman–Crippen LogP) is 1.59. The zero-order valence-corrected chi connectivity index (χ0v) is 10.6. The maximum Gasteiger partial charge on any atom is 0.300 e. The Balaban J connectivity index is 2.32. The summed E-state index contributed by atoms with van der Waals surface area (Å²) in [5, 5.41) is 13.7. The van der Waals surface area contributed by atoms with Gasteiger partial charge in [-0.2, -0.15) is 0 Å². The molecular formula is C10H9N5O3S. The van der Waals surface area contributed by atoms with Crippen molar-refractivity contribution < 1.29 is 9.72 Å².